The van der Waals surface area contributed by atoms with Crippen molar-refractivity contribution in [2.45, 2.75) is 19.9 Å². The Morgan fingerprint density at radius 2 is 2.05 bits per heavy atom. The number of amides is 1. The van der Waals surface area contributed by atoms with Crippen molar-refractivity contribution >= 4 is 5.91 Å². The summed E-state index contributed by atoms with van der Waals surface area (Å²) in [5, 5.41) is 6.99. The van der Waals surface area contributed by atoms with Gasteiger partial charge in [0.25, 0.3) is 5.91 Å². The molecule has 0 radical (unpaired) electrons. The first-order valence-electron chi connectivity index (χ1n) is 6.67. The van der Waals surface area contributed by atoms with Crippen molar-refractivity contribution in [2.75, 3.05) is 13.7 Å². The first-order chi connectivity index (χ1) is 9.74. The van der Waals surface area contributed by atoms with Crippen molar-refractivity contribution in [3.05, 3.63) is 47.8 Å². The first-order valence-corrected chi connectivity index (χ1v) is 6.67. The molecule has 20 heavy (non-hydrogen) atoms. The average Bonchev–Trinajstić information content (AvgIpc) is 2.96. The predicted molar refractivity (Wildman–Crippen MR) is 76.9 cm³/mol. The summed E-state index contributed by atoms with van der Waals surface area (Å²) in [5.74, 6) is 0.752. The Bertz CT molecular complexity index is 561. The molecule has 0 bridgehead atoms. The van der Waals surface area contributed by atoms with Crippen LogP contribution in [0.15, 0.2) is 36.5 Å². The molecular formula is C15H19N3O2. The van der Waals surface area contributed by atoms with E-state index in [4.69, 9.17) is 4.74 Å². The second-order valence-electron chi connectivity index (χ2n) is 4.39. The van der Waals surface area contributed by atoms with Crippen molar-refractivity contribution in [1.29, 1.82) is 0 Å². The molecule has 1 amide bonds. The normalized spacial score (nSPS) is 10.3. The number of nitrogens with one attached hydrogen (secondary N) is 1. The number of ether oxygens (including phenoxy) is 1. The maximum Gasteiger partial charge on any atom is 0.269 e. The molecule has 0 fully saturated rings. The number of nitrogens with zero attached hydrogens (tertiary/aromatic N) is 2. The molecule has 0 saturated carbocycles. The zero-order valence-electron chi connectivity index (χ0n) is 11.8. The van der Waals surface area contributed by atoms with Crippen molar-refractivity contribution in [3.63, 3.8) is 0 Å². The minimum absolute atomic E-state index is 0.0853. The molecule has 0 spiro atoms. The van der Waals surface area contributed by atoms with Gasteiger partial charge in [0.05, 0.1) is 7.11 Å². The Morgan fingerprint density at radius 3 is 2.70 bits per heavy atom. The van der Waals surface area contributed by atoms with Gasteiger partial charge in [0.15, 0.2) is 0 Å². The summed E-state index contributed by atoms with van der Waals surface area (Å²) < 4.78 is 6.79. The van der Waals surface area contributed by atoms with Crippen molar-refractivity contribution in [3.8, 4) is 5.75 Å². The molecule has 0 aliphatic rings. The van der Waals surface area contributed by atoms with Gasteiger partial charge < -0.3 is 10.1 Å². The van der Waals surface area contributed by atoms with E-state index in [-0.39, 0.29) is 5.91 Å². The lowest BCUT2D eigenvalue weighted by molar-refractivity contribution is 0.0943. The number of carbonyl (C=O) groups excluding carboxylic acids is 1. The quantitative estimate of drug-likeness (QED) is 0.874. The molecule has 0 aliphatic heterocycles. The van der Waals surface area contributed by atoms with E-state index < -0.39 is 0 Å². The highest BCUT2D eigenvalue weighted by Crippen LogP contribution is 2.11. The van der Waals surface area contributed by atoms with Gasteiger partial charge in [-0.3, -0.25) is 9.48 Å². The summed E-state index contributed by atoms with van der Waals surface area (Å²) in [5.41, 5.74) is 1.76. The first kappa shape index (κ1) is 14.1. The molecule has 0 saturated heterocycles. The minimum atomic E-state index is -0.0853. The molecule has 0 unspecified atom stereocenters. The maximum absolute atomic E-state index is 12.0. The number of carbonyl (C=O) groups is 1. The van der Waals surface area contributed by atoms with Crippen LogP contribution in [-0.2, 0) is 13.0 Å². The molecule has 0 atom stereocenters. The molecule has 1 aromatic carbocycles. The van der Waals surface area contributed by atoms with Gasteiger partial charge >= 0.3 is 0 Å². The largest absolute Gasteiger partial charge is 0.497 e. The summed E-state index contributed by atoms with van der Waals surface area (Å²) in [6.07, 6.45) is 2.43. The van der Waals surface area contributed by atoms with E-state index in [1.165, 1.54) is 0 Å². The van der Waals surface area contributed by atoms with Crippen LogP contribution in [0.4, 0.5) is 0 Å². The van der Waals surface area contributed by atoms with Crippen LogP contribution in [-0.4, -0.2) is 29.3 Å². The van der Waals surface area contributed by atoms with Gasteiger partial charge in [0.1, 0.15) is 11.4 Å². The van der Waals surface area contributed by atoms with Crippen molar-refractivity contribution in [1.82, 2.24) is 15.1 Å². The Kier molecular flexibility index (Phi) is 4.76. The third kappa shape index (κ3) is 3.38. The molecule has 1 aromatic heterocycles. The van der Waals surface area contributed by atoms with E-state index >= 15 is 0 Å². The van der Waals surface area contributed by atoms with Crippen LogP contribution in [0.2, 0.25) is 0 Å². The Morgan fingerprint density at radius 1 is 1.30 bits per heavy atom. The summed E-state index contributed by atoms with van der Waals surface area (Å²) >= 11 is 0. The summed E-state index contributed by atoms with van der Waals surface area (Å²) in [4.78, 5) is 12.0. The van der Waals surface area contributed by atoms with Gasteiger partial charge in [-0.1, -0.05) is 12.1 Å². The molecule has 2 rings (SSSR count). The number of hydrogen-bond acceptors (Lipinski definition) is 3. The fourth-order valence-electron chi connectivity index (χ4n) is 1.98. The zero-order chi connectivity index (χ0) is 14.4. The number of hydrogen-bond donors (Lipinski definition) is 1. The van der Waals surface area contributed by atoms with Gasteiger partial charge in [0.2, 0.25) is 0 Å². The minimum Gasteiger partial charge on any atom is -0.497 e. The number of aryl methyl sites for hydroxylation is 1. The van der Waals surface area contributed by atoms with Gasteiger partial charge in [-0.2, -0.15) is 5.10 Å². The molecule has 0 aliphatic carbocycles. The van der Waals surface area contributed by atoms with Crippen molar-refractivity contribution in [2.24, 2.45) is 0 Å². The summed E-state index contributed by atoms with van der Waals surface area (Å²) in [6, 6.07) is 9.57. The molecule has 1 N–H and O–H groups in total. The van der Waals surface area contributed by atoms with E-state index in [9.17, 15) is 4.79 Å². The van der Waals surface area contributed by atoms with E-state index in [0.29, 0.717) is 18.8 Å². The van der Waals surface area contributed by atoms with Gasteiger partial charge in [-0.15, -0.1) is 0 Å². The average molecular weight is 273 g/mol. The lowest BCUT2D eigenvalue weighted by Gasteiger charge is -2.07. The van der Waals surface area contributed by atoms with Crippen LogP contribution in [0.25, 0.3) is 0 Å². The lowest BCUT2D eigenvalue weighted by Crippen LogP contribution is -2.28. The van der Waals surface area contributed by atoms with Crippen LogP contribution in [0.3, 0.4) is 0 Å². The number of aromatic nitrogens is 2. The lowest BCUT2D eigenvalue weighted by atomic mass is 10.1. The predicted octanol–water partition coefficient (Wildman–Crippen LogP) is 1.88. The fraction of sp³-hybridized carbons (Fsp3) is 0.333. The van der Waals surface area contributed by atoms with Crippen LogP contribution >= 0.6 is 0 Å². The Labute approximate surface area is 118 Å². The van der Waals surface area contributed by atoms with Gasteiger partial charge in [-0.25, -0.2) is 0 Å². The van der Waals surface area contributed by atoms with E-state index in [0.717, 1.165) is 17.7 Å². The Hall–Kier alpha value is -2.30. The maximum atomic E-state index is 12.0. The monoisotopic (exact) mass is 273 g/mol. The van der Waals surface area contributed by atoms with E-state index in [1.54, 1.807) is 24.1 Å². The van der Waals surface area contributed by atoms with Crippen LogP contribution in [0.5, 0.6) is 5.75 Å². The second-order valence-corrected chi connectivity index (χ2v) is 4.39. The second kappa shape index (κ2) is 6.75. The van der Waals surface area contributed by atoms with Crippen molar-refractivity contribution < 1.29 is 9.53 Å². The number of rotatable bonds is 6. The highest BCUT2D eigenvalue weighted by molar-refractivity contribution is 5.92. The molecule has 5 heteroatoms. The SMILES string of the molecule is CCn1nccc1C(=O)NCCc1ccc(OC)cc1. The highest BCUT2D eigenvalue weighted by atomic mass is 16.5. The third-order valence-corrected chi connectivity index (χ3v) is 3.11. The number of methoxy groups -OCH3 is 1. The molecular weight excluding hydrogens is 254 g/mol. The Balaban J connectivity index is 1.84. The third-order valence-electron chi connectivity index (χ3n) is 3.11. The zero-order valence-corrected chi connectivity index (χ0v) is 11.8. The molecule has 1 heterocycles. The standard InChI is InChI=1S/C15H19N3O2/c1-3-18-14(9-11-17-18)15(19)16-10-8-12-4-6-13(20-2)7-5-12/h4-7,9,11H,3,8,10H2,1-2H3,(H,16,19). The van der Waals surface area contributed by atoms with E-state index in [2.05, 4.69) is 10.4 Å². The van der Waals surface area contributed by atoms with Crippen LogP contribution < -0.4 is 10.1 Å². The fourth-order valence-corrected chi connectivity index (χ4v) is 1.98. The number of benzene rings is 1. The summed E-state index contributed by atoms with van der Waals surface area (Å²) in [6.45, 7) is 3.25. The highest BCUT2D eigenvalue weighted by Gasteiger charge is 2.09. The van der Waals surface area contributed by atoms with Gasteiger partial charge in [0, 0.05) is 19.3 Å². The molecule has 2 aromatic rings. The topological polar surface area (TPSA) is 56.2 Å². The van der Waals surface area contributed by atoms with Crippen LogP contribution in [0, 0.1) is 0 Å². The molecule has 5 nitrogen and oxygen atoms in total. The van der Waals surface area contributed by atoms with E-state index in [1.807, 2.05) is 31.2 Å². The molecule has 106 valence electrons. The summed E-state index contributed by atoms with van der Waals surface area (Å²) in [7, 11) is 1.64. The van der Waals surface area contributed by atoms with Crippen LogP contribution in [0.1, 0.15) is 23.0 Å². The smallest absolute Gasteiger partial charge is 0.269 e. The van der Waals surface area contributed by atoms with Gasteiger partial charge in [-0.05, 0) is 37.1 Å².